The van der Waals surface area contributed by atoms with Gasteiger partial charge in [0.15, 0.2) is 0 Å². The first-order chi connectivity index (χ1) is 12.9. The summed E-state index contributed by atoms with van der Waals surface area (Å²) in [5, 5.41) is 11.3. The number of aromatic nitrogens is 2. The number of carbonyl (C=O) groups excluding carboxylic acids is 1. The van der Waals surface area contributed by atoms with Gasteiger partial charge in [0.2, 0.25) is 0 Å². The topological polar surface area (TPSA) is 80.0 Å². The van der Waals surface area contributed by atoms with Gasteiger partial charge in [-0.25, -0.2) is 4.98 Å². The Kier molecular flexibility index (Phi) is 6.07. The van der Waals surface area contributed by atoms with Crippen molar-refractivity contribution in [3.63, 3.8) is 0 Å². The number of thiophene rings is 1. The molecule has 2 N–H and O–H groups in total. The Morgan fingerprint density at radius 3 is 2.79 bits per heavy atom. The van der Waals surface area contributed by atoms with Gasteiger partial charge in [0.25, 0.3) is 11.6 Å². The van der Waals surface area contributed by atoms with E-state index in [0.29, 0.717) is 28.4 Å². The third kappa shape index (κ3) is 3.92. The molecule has 3 aromatic heterocycles. The van der Waals surface area contributed by atoms with E-state index >= 15 is 0 Å². The van der Waals surface area contributed by atoms with Crippen molar-refractivity contribution >= 4 is 40.8 Å². The molecule has 4 heterocycles. The Bertz CT molecular complexity index is 1010. The molecule has 4 rings (SSSR count). The lowest BCUT2D eigenvalue weighted by Crippen LogP contribution is -2.46. The maximum atomic E-state index is 13.1. The number of nitrogens with zero attached hydrogens (tertiary/aromatic N) is 2. The number of pyridine rings is 1. The fraction of sp³-hybridized carbons (Fsp3) is 0.450. The summed E-state index contributed by atoms with van der Waals surface area (Å²) in [4.78, 5) is 20.2. The van der Waals surface area contributed by atoms with Crippen LogP contribution in [0.25, 0.3) is 22.4 Å². The van der Waals surface area contributed by atoms with Crippen molar-refractivity contribution in [3.05, 3.63) is 33.1 Å². The van der Waals surface area contributed by atoms with E-state index in [1.807, 2.05) is 13.0 Å². The monoisotopic (exact) mass is 420 g/mol. The van der Waals surface area contributed by atoms with Crippen molar-refractivity contribution in [3.8, 4) is 11.3 Å². The molecule has 1 aliphatic rings. The molecule has 0 saturated carbocycles. The van der Waals surface area contributed by atoms with Gasteiger partial charge < -0.3 is 15.2 Å². The largest absolute Gasteiger partial charge is 0.349 e. The second kappa shape index (κ2) is 8.19. The molecule has 0 aromatic carbocycles. The van der Waals surface area contributed by atoms with Crippen LogP contribution in [0.4, 0.5) is 0 Å². The first kappa shape index (κ1) is 20.8. The highest BCUT2D eigenvalue weighted by Gasteiger charge is 2.24. The number of carbonyl (C=O) groups is 1. The zero-order valence-corrected chi connectivity index (χ0v) is 18.1. The zero-order chi connectivity index (χ0) is 19.1. The van der Waals surface area contributed by atoms with Crippen LogP contribution < -0.4 is 10.6 Å². The van der Waals surface area contributed by atoms with Gasteiger partial charge in [-0.15, -0.1) is 23.7 Å². The number of piperidine rings is 1. The van der Waals surface area contributed by atoms with Crippen molar-refractivity contribution in [1.29, 1.82) is 0 Å². The van der Waals surface area contributed by atoms with Gasteiger partial charge in [-0.05, 0) is 59.2 Å². The lowest BCUT2D eigenvalue weighted by atomic mass is 9.99. The quantitative estimate of drug-likeness (QED) is 0.664. The van der Waals surface area contributed by atoms with Gasteiger partial charge in [-0.1, -0.05) is 5.16 Å². The maximum absolute atomic E-state index is 13.1. The van der Waals surface area contributed by atoms with Crippen molar-refractivity contribution in [1.82, 2.24) is 20.8 Å². The van der Waals surface area contributed by atoms with Gasteiger partial charge in [0.1, 0.15) is 0 Å². The number of hydrogen-bond acceptors (Lipinski definition) is 6. The number of fused-ring (bicyclic) bond motifs is 1. The summed E-state index contributed by atoms with van der Waals surface area (Å²) >= 11 is 1.72. The third-order valence-corrected chi connectivity index (χ3v) is 6.10. The standard InChI is InChI=1S/C20H24N4O2S.ClH/c1-10-7-14(5-6-21-10)22-19(25)16-9-17(15-8-11(2)27-13(15)4)23-20-18(16)12(3)24-26-20;/h8-10,14,21H,5-7H2,1-4H3,(H,22,25);1H. The van der Waals surface area contributed by atoms with Crippen molar-refractivity contribution < 1.29 is 9.32 Å². The van der Waals surface area contributed by atoms with E-state index in [9.17, 15) is 4.79 Å². The van der Waals surface area contributed by atoms with Crippen LogP contribution in [-0.4, -0.2) is 34.7 Å². The molecular formula is C20H25ClN4O2S. The van der Waals surface area contributed by atoms with Crippen LogP contribution in [0, 0.1) is 20.8 Å². The minimum absolute atomic E-state index is 0. The molecule has 0 aliphatic carbocycles. The molecule has 1 fully saturated rings. The van der Waals surface area contributed by atoms with Crippen LogP contribution in [0.15, 0.2) is 16.7 Å². The highest BCUT2D eigenvalue weighted by molar-refractivity contribution is 7.12. The summed E-state index contributed by atoms with van der Waals surface area (Å²) in [6, 6.07) is 4.56. The average Bonchev–Trinajstić information content (AvgIpc) is 3.16. The predicted octanol–water partition coefficient (Wildman–Crippen LogP) is 4.17. The summed E-state index contributed by atoms with van der Waals surface area (Å²) in [6.45, 7) is 9.05. The molecule has 1 saturated heterocycles. The Balaban J connectivity index is 0.00000225. The number of rotatable bonds is 3. The maximum Gasteiger partial charge on any atom is 0.259 e. The molecule has 1 aliphatic heterocycles. The Morgan fingerprint density at radius 1 is 1.32 bits per heavy atom. The van der Waals surface area contributed by atoms with Crippen LogP contribution >= 0.6 is 23.7 Å². The lowest BCUT2D eigenvalue weighted by molar-refractivity contribution is 0.0927. The Labute approximate surface area is 174 Å². The smallest absolute Gasteiger partial charge is 0.259 e. The van der Waals surface area contributed by atoms with E-state index in [0.717, 1.165) is 30.6 Å². The minimum atomic E-state index is -0.0846. The van der Waals surface area contributed by atoms with Crippen LogP contribution in [-0.2, 0) is 0 Å². The molecule has 0 radical (unpaired) electrons. The summed E-state index contributed by atoms with van der Waals surface area (Å²) in [5.74, 6) is -0.0846. The molecule has 0 spiro atoms. The summed E-state index contributed by atoms with van der Waals surface area (Å²) < 4.78 is 5.41. The zero-order valence-electron chi connectivity index (χ0n) is 16.5. The Hall–Kier alpha value is -1.96. The number of aryl methyl sites for hydroxylation is 3. The highest BCUT2D eigenvalue weighted by Crippen LogP contribution is 2.33. The third-order valence-electron chi connectivity index (χ3n) is 5.14. The van der Waals surface area contributed by atoms with E-state index < -0.39 is 0 Å². The van der Waals surface area contributed by atoms with E-state index in [2.05, 4.69) is 47.6 Å². The van der Waals surface area contributed by atoms with Crippen LogP contribution in [0.5, 0.6) is 0 Å². The predicted molar refractivity (Wildman–Crippen MR) is 115 cm³/mol. The van der Waals surface area contributed by atoms with Gasteiger partial charge in [0.05, 0.1) is 22.3 Å². The van der Waals surface area contributed by atoms with Gasteiger partial charge >= 0.3 is 0 Å². The number of hydrogen-bond donors (Lipinski definition) is 2. The van der Waals surface area contributed by atoms with Crippen LogP contribution in [0.1, 0.15) is 45.6 Å². The van der Waals surface area contributed by atoms with Gasteiger partial charge in [0, 0.05) is 27.4 Å². The SMILES string of the molecule is Cc1cc(-c2cc(C(=O)NC3CCNC(C)C3)c3c(C)noc3n2)c(C)s1.Cl. The van der Waals surface area contributed by atoms with Crippen LogP contribution in [0.2, 0.25) is 0 Å². The lowest BCUT2D eigenvalue weighted by Gasteiger charge is -2.28. The fourth-order valence-electron chi connectivity index (χ4n) is 3.82. The highest BCUT2D eigenvalue weighted by atomic mass is 35.5. The van der Waals surface area contributed by atoms with Gasteiger partial charge in [-0.3, -0.25) is 4.79 Å². The van der Waals surface area contributed by atoms with Crippen LogP contribution in [0.3, 0.4) is 0 Å². The first-order valence-electron chi connectivity index (χ1n) is 9.31. The summed E-state index contributed by atoms with van der Waals surface area (Å²) in [6.07, 6.45) is 1.86. The molecule has 8 heteroatoms. The van der Waals surface area contributed by atoms with E-state index in [1.54, 1.807) is 11.3 Å². The summed E-state index contributed by atoms with van der Waals surface area (Å²) in [7, 11) is 0. The van der Waals surface area contributed by atoms with E-state index in [-0.39, 0.29) is 24.4 Å². The Morgan fingerprint density at radius 2 is 2.11 bits per heavy atom. The molecule has 0 bridgehead atoms. The second-order valence-electron chi connectivity index (χ2n) is 7.38. The molecule has 2 unspecified atom stereocenters. The molecule has 150 valence electrons. The normalized spacial score (nSPS) is 19.4. The molecule has 3 aromatic rings. The van der Waals surface area contributed by atoms with E-state index in [1.165, 1.54) is 9.75 Å². The van der Waals surface area contributed by atoms with Crippen molar-refractivity contribution in [2.75, 3.05) is 6.54 Å². The molecular weight excluding hydrogens is 396 g/mol. The van der Waals surface area contributed by atoms with Gasteiger partial charge in [-0.2, -0.15) is 0 Å². The number of amides is 1. The molecule has 28 heavy (non-hydrogen) atoms. The minimum Gasteiger partial charge on any atom is -0.349 e. The summed E-state index contributed by atoms with van der Waals surface area (Å²) in [5.41, 5.74) is 3.48. The molecule has 6 nitrogen and oxygen atoms in total. The number of halogens is 1. The second-order valence-corrected chi connectivity index (χ2v) is 8.84. The fourth-order valence-corrected chi connectivity index (χ4v) is 4.76. The van der Waals surface area contributed by atoms with Crippen molar-refractivity contribution in [2.24, 2.45) is 0 Å². The van der Waals surface area contributed by atoms with E-state index in [4.69, 9.17) is 4.52 Å². The number of nitrogens with one attached hydrogen (secondary N) is 2. The average molecular weight is 421 g/mol. The molecule has 1 amide bonds. The van der Waals surface area contributed by atoms with Crippen molar-refractivity contribution in [2.45, 2.75) is 52.6 Å². The first-order valence-corrected chi connectivity index (χ1v) is 10.1. The molecule has 2 atom stereocenters.